The monoisotopic (exact) mass is 232 g/mol. The van der Waals surface area contributed by atoms with Crippen LogP contribution < -0.4 is 5.32 Å². The molecular formula is C13H16N2S. The van der Waals surface area contributed by atoms with Crippen molar-refractivity contribution in [2.24, 2.45) is 5.92 Å². The van der Waals surface area contributed by atoms with Crippen molar-refractivity contribution in [2.45, 2.75) is 32.2 Å². The van der Waals surface area contributed by atoms with Crippen LogP contribution in [0.15, 0.2) is 24.3 Å². The van der Waals surface area contributed by atoms with Gasteiger partial charge in [-0.2, -0.15) is 4.37 Å². The Labute approximate surface area is 99.8 Å². The van der Waals surface area contributed by atoms with E-state index in [0.717, 1.165) is 11.4 Å². The van der Waals surface area contributed by atoms with Crippen LogP contribution in [0.1, 0.15) is 26.2 Å². The summed E-state index contributed by atoms with van der Waals surface area (Å²) in [4.78, 5) is 0. The lowest BCUT2D eigenvalue weighted by Crippen LogP contribution is -2.02. The van der Waals surface area contributed by atoms with Crippen molar-refractivity contribution >= 4 is 27.4 Å². The molecule has 3 heteroatoms. The van der Waals surface area contributed by atoms with E-state index in [0.29, 0.717) is 6.04 Å². The molecule has 0 aliphatic heterocycles. The van der Waals surface area contributed by atoms with Gasteiger partial charge < -0.3 is 5.32 Å². The maximum Gasteiger partial charge on any atom is 0.117 e. The zero-order valence-corrected chi connectivity index (χ0v) is 10.3. The fourth-order valence-corrected chi connectivity index (χ4v) is 3.10. The minimum Gasteiger partial charge on any atom is -0.372 e. The van der Waals surface area contributed by atoms with Gasteiger partial charge in [-0.1, -0.05) is 25.5 Å². The Morgan fingerprint density at radius 3 is 3.19 bits per heavy atom. The average molecular weight is 232 g/mol. The zero-order chi connectivity index (χ0) is 11.0. The molecule has 2 atom stereocenters. The number of nitrogens with one attached hydrogen (secondary N) is 1. The molecule has 0 amide bonds. The summed E-state index contributed by atoms with van der Waals surface area (Å²) in [7, 11) is 0. The Hall–Kier alpha value is -1.09. The molecule has 1 aliphatic carbocycles. The number of anilines is 1. The standard InChI is InChI=1S/C13H16N2S/c1-2-5-9-8-12(9)14-13-10-6-3-4-7-11(10)15-16-13/h3-4,6-7,9,12,14H,2,5,8H2,1H3. The number of benzene rings is 1. The lowest BCUT2D eigenvalue weighted by molar-refractivity contribution is 0.693. The van der Waals surface area contributed by atoms with Gasteiger partial charge in [0.15, 0.2) is 0 Å². The molecule has 1 fully saturated rings. The first-order valence-electron chi connectivity index (χ1n) is 5.99. The topological polar surface area (TPSA) is 24.9 Å². The van der Waals surface area contributed by atoms with E-state index in [2.05, 4.69) is 34.8 Å². The number of hydrogen-bond acceptors (Lipinski definition) is 3. The highest BCUT2D eigenvalue weighted by molar-refractivity contribution is 7.11. The van der Waals surface area contributed by atoms with E-state index in [1.165, 1.54) is 29.6 Å². The highest BCUT2D eigenvalue weighted by Crippen LogP contribution is 2.39. The highest BCUT2D eigenvalue weighted by Gasteiger charge is 2.36. The third-order valence-corrected chi connectivity index (χ3v) is 4.09. The normalized spacial score (nSPS) is 23.6. The van der Waals surface area contributed by atoms with E-state index in [-0.39, 0.29) is 0 Å². The molecule has 0 radical (unpaired) electrons. The van der Waals surface area contributed by atoms with Gasteiger partial charge in [-0.15, -0.1) is 0 Å². The van der Waals surface area contributed by atoms with Crippen molar-refractivity contribution in [3.8, 4) is 0 Å². The second kappa shape index (κ2) is 4.06. The van der Waals surface area contributed by atoms with E-state index in [9.17, 15) is 0 Å². The van der Waals surface area contributed by atoms with Crippen molar-refractivity contribution in [1.29, 1.82) is 0 Å². The first kappa shape index (κ1) is 10.1. The first-order valence-corrected chi connectivity index (χ1v) is 6.76. The maximum atomic E-state index is 4.45. The lowest BCUT2D eigenvalue weighted by Gasteiger charge is -2.02. The third kappa shape index (κ3) is 1.80. The fraction of sp³-hybridized carbons (Fsp3) is 0.462. The number of nitrogens with zero attached hydrogens (tertiary/aromatic N) is 1. The van der Waals surface area contributed by atoms with Gasteiger partial charge in [0.1, 0.15) is 5.00 Å². The minimum absolute atomic E-state index is 0.698. The van der Waals surface area contributed by atoms with Crippen LogP contribution in [0.2, 0.25) is 0 Å². The molecular weight excluding hydrogens is 216 g/mol. The Balaban J connectivity index is 1.76. The Morgan fingerprint density at radius 2 is 2.31 bits per heavy atom. The lowest BCUT2D eigenvalue weighted by atomic mass is 10.2. The van der Waals surface area contributed by atoms with E-state index >= 15 is 0 Å². The van der Waals surface area contributed by atoms with Crippen molar-refractivity contribution in [1.82, 2.24) is 4.37 Å². The quantitative estimate of drug-likeness (QED) is 0.865. The summed E-state index contributed by atoms with van der Waals surface area (Å²) in [6.07, 6.45) is 3.99. The Kier molecular flexibility index (Phi) is 2.56. The maximum absolute atomic E-state index is 4.45. The Bertz CT molecular complexity index is 491. The molecule has 16 heavy (non-hydrogen) atoms. The number of fused-ring (bicyclic) bond motifs is 1. The minimum atomic E-state index is 0.698. The van der Waals surface area contributed by atoms with E-state index in [1.807, 2.05) is 6.07 Å². The highest BCUT2D eigenvalue weighted by atomic mass is 32.1. The van der Waals surface area contributed by atoms with Crippen molar-refractivity contribution in [2.75, 3.05) is 5.32 Å². The molecule has 0 spiro atoms. The predicted molar refractivity (Wildman–Crippen MR) is 70.0 cm³/mol. The van der Waals surface area contributed by atoms with Crippen LogP contribution in [0.4, 0.5) is 5.00 Å². The van der Waals surface area contributed by atoms with Crippen LogP contribution in [-0.2, 0) is 0 Å². The van der Waals surface area contributed by atoms with E-state index in [4.69, 9.17) is 0 Å². The van der Waals surface area contributed by atoms with Gasteiger partial charge in [-0.25, -0.2) is 0 Å². The van der Waals surface area contributed by atoms with Crippen LogP contribution in [0.3, 0.4) is 0 Å². The van der Waals surface area contributed by atoms with Crippen LogP contribution in [0, 0.1) is 5.92 Å². The molecule has 2 unspecified atom stereocenters. The third-order valence-electron chi connectivity index (χ3n) is 3.28. The van der Waals surface area contributed by atoms with Crippen molar-refractivity contribution in [3.05, 3.63) is 24.3 Å². The van der Waals surface area contributed by atoms with Gasteiger partial charge in [0, 0.05) is 11.4 Å². The van der Waals surface area contributed by atoms with Crippen LogP contribution >= 0.6 is 11.5 Å². The van der Waals surface area contributed by atoms with Gasteiger partial charge in [0.05, 0.1) is 5.52 Å². The summed E-state index contributed by atoms with van der Waals surface area (Å²) in [6.45, 7) is 2.26. The molecule has 2 nitrogen and oxygen atoms in total. The fourth-order valence-electron chi connectivity index (χ4n) is 2.28. The van der Waals surface area contributed by atoms with E-state index in [1.54, 1.807) is 11.5 Å². The summed E-state index contributed by atoms with van der Waals surface area (Å²) < 4.78 is 4.45. The van der Waals surface area contributed by atoms with Crippen molar-refractivity contribution in [3.63, 3.8) is 0 Å². The van der Waals surface area contributed by atoms with Crippen LogP contribution in [-0.4, -0.2) is 10.4 Å². The van der Waals surface area contributed by atoms with Gasteiger partial charge in [-0.3, -0.25) is 0 Å². The molecule has 2 aromatic rings. The summed E-state index contributed by atoms with van der Waals surface area (Å²) in [6, 6.07) is 9.05. The molecule has 1 aromatic carbocycles. The number of rotatable bonds is 4. The zero-order valence-electron chi connectivity index (χ0n) is 9.44. The molecule has 1 saturated carbocycles. The van der Waals surface area contributed by atoms with Gasteiger partial charge in [0.2, 0.25) is 0 Å². The summed E-state index contributed by atoms with van der Waals surface area (Å²) in [5.74, 6) is 0.894. The van der Waals surface area contributed by atoms with Gasteiger partial charge >= 0.3 is 0 Å². The average Bonchev–Trinajstić information content (AvgIpc) is 2.89. The SMILES string of the molecule is CCCC1CC1Nc1snc2ccccc12. The van der Waals surface area contributed by atoms with Crippen LogP contribution in [0.25, 0.3) is 10.9 Å². The first-order chi connectivity index (χ1) is 7.88. The number of hydrogen-bond donors (Lipinski definition) is 1. The second-order valence-electron chi connectivity index (χ2n) is 4.56. The largest absolute Gasteiger partial charge is 0.372 e. The summed E-state index contributed by atoms with van der Waals surface area (Å²) in [5.41, 5.74) is 1.11. The molecule has 3 rings (SSSR count). The molecule has 1 N–H and O–H groups in total. The molecule has 0 bridgehead atoms. The molecule has 0 saturated heterocycles. The second-order valence-corrected chi connectivity index (χ2v) is 5.34. The number of aromatic nitrogens is 1. The molecule has 1 aromatic heterocycles. The predicted octanol–water partition coefficient (Wildman–Crippen LogP) is 3.90. The molecule has 1 aliphatic rings. The van der Waals surface area contributed by atoms with Crippen molar-refractivity contribution < 1.29 is 0 Å². The van der Waals surface area contributed by atoms with Gasteiger partial charge in [0.25, 0.3) is 0 Å². The Morgan fingerprint density at radius 1 is 1.44 bits per heavy atom. The smallest absolute Gasteiger partial charge is 0.117 e. The summed E-state index contributed by atoms with van der Waals surface area (Å²) >= 11 is 1.59. The molecule has 84 valence electrons. The van der Waals surface area contributed by atoms with Gasteiger partial charge in [-0.05, 0) is 42.4 Å². The summed E-state index contributed by atoms with van der Waals surface area (Å²) in [5, 5.41) is 6.15. The van der Waals surface area contributed by atoms with E-state index < -0.39 is 0 Å². The van der Waals surface area contributed by atoms with Crippen LogP contribution in [0.5, 0.6) is 0 Å². The molecule has 1 heterocycles.